The van der Waals surface area contributed by atoms with Crippen molar-refractivity contribution in [1.82, 2.24) is 4.98 Å². The fraction of sp³-hybridized carbons (Fsp3) is 0.643. The Labute approximate surface area is 108 Å². The van der Waals surface area contributed by atoms with Crippen molar-refractivity contribution < 1.29 is 9.84 Å². The van der Waals surface area contributed by atoms with E-state index < -0.39 is 0 Å². The molecule has 0 bridgehead atoms. The molecule has 1 aliphatic heterocycles. The highest BCUT2D eigenvalue weighted by Gasteiger charge is 2.42. The Kier molecular flexibility index (Phi) is 3.12. The second kappa shape index (κ2) is 4.76. The molecular formula is C14H20N2O2. The first-order valence-corrected chi connectivity index (χ1v) is 6.81. The first kappa shape index (κ1) is 11.8. The molecule has 0 radical (unpaired) electrons. The highest BCUT2D eigenvalue weighted by Crippen LogP contribution is 2.39. The van der Waals surface area contributed by atoms with Crippen LogP contribution in [0.25, 0.3) is 0 Å². The Balaban J connectivity index is 1.74. The van der Waals surface area contributed by atoms with E-state index in [9.17, 15) is 5.11 Å². The third kappa shape index (κ3) is 2.05. The van der Waals surface area contributed by atoms with Crippen LogP contribution in [0.15, 0.2) is 18.2 Å². The van der Waals surface area contributed by atoms with Gasteiger partial charge in [-0.15, -0.1) is 0 Å². The number of pyridine rings is 1. The zero-order chi connectivity index (χ0) is 12.5. The summed E-state index contributed by atoms with van der Waals surface area (Å²) in [5, 5.41) is 9.93. The molecule has 1 aromatic rings. The molecule has 2 heterocycles. The van der Waals surface area contributed by atoms with Crippen LogP contribution in [-0.2, 0) is 0 Å². The fourth-order valence-electron chi connectivity index (χ4n) is 3.23. The van der Waals surface area contributed by atoms with E-state index in [1.165, 1.54) is 0 Å². The summed E-state index contributed by atoms with van der Waals surface area (Å²) >= 11 is 0. The van der Waals surface area contributed by atoms with Gasteiger partial charge in [0.25, 0.3) is 0 Å². The van der Waals surface area contributed by atoms with Crippen molar-refractivity contribution in [2.24, 2.45) is 11.8 Å². The topological polar surface area (TPSA) is 45.6 Å². The number of rotatable bonds is 3. The third-order valence-corrected chi connectivity index (χ3v) is 4.14. The number of aromatic nitrogens is 1. The van der Waals surface area contributed by atoms with E-state index >= 15 is 0 Å². The molecule has 1 saturated carbocycles. The van der Waals surface area contributed by atoms with Crippen LogP contribution in [0.4, 0.5) is 5.82 Å². The van der Waals surface area contributed by atoms with Crippen molar-refractivity contribution in [2.45, 2.75) is 25.9 Å². The van der Waals surface area contributed by atoms with E-state index in [-0.39, 0.29) is 6.10 Å². The fourth-order valence-corrected chi connectivity index (χ4v) is 3.23. The Morgan fingerprint density at radius 2 is 2.28 bits per heavy atom. The van der Waals surface area contributed by atoms with Crippen molar-refractivity contribution >= 4 is 5.82 Å². The van der Waals surface area contributed by atoms with E-state index in [4.69, 9.17) is 4.74 Å². The number of hydrogen-bond acceptors (Lipinski definition) is 4. The molecular weight excluding hydrogens is 228 g/mol. The lowest BCUT2D eigenvalue weighted by molar-refractivity contribution is 0.133. The molecule has 3 rings (SSSR count). The molecule has 1 aliphatic carbocycles. The van der Waals surface area contributed by atoms with Gasteiger partial charge in [0.05, 0.1) is 12.7 Å². The van der Waals surface area contributed by atoms with Crippen molar-refractivity contribution in [2.75, 3.05) is 24.6 Å². The van der Waals surface area contributed by atoms with E-state index in [0.717, 1.165) is 31.7 Å². The van der Waals surface area contributed by atoms with Gasteiger partial charge < -0.3 is 14.7 Å². The number of fused-ring (bicyclic) bond motifs is 1. The second-order valence-electron chi connectivity index (χ2n) is 5.24. The standard InChI is InChI=1S/C14H20N2O2/c1-2-18-14-5-3-4-13(15-14)16-8-10-6-7-12(17)11(10)9-16/h3-5,10-12,17H,2,6-9H2,1H3. The SMILES string of the molecule is CCOc1cccc(N2CC3CCC(O)C3C2)n1. The predicted molar refractivity (Wildman–Crippen MR) is 69.8 cm³/mol. The molecule has 0 amide bonds. The molecule has 3 atom stereocenters. The molecule has 4 nitrogen and oxygen atoms in total. The normalized spacial score (nSPS) is 30.6. The molecule has 2 aliphatic rings. The van der Waals surface area contributed by atoms with E-state index in [0.29, 0.717) is 24.3 Å². The van der Waals surface area contributed by atoms with Crippen molar-refractivity contribution in [1.29, 1.82) is 0 Å². The van der Waals surface area contributed by atoms with E-state index in [1.807, 2.05) is 25.1 Å². The molecule has 1 aromatic heterocycles. The smallest absolute Gasteiger partial charge is 0.215 e. The van der Waals surface area contributed by atoms with Gasteiger partial charge >= 0.3 is 0 Å². The van der Waals surface area contributed by atoms with Gasteiger partial charge in [0.1, 0.15) is 5.82 Å². The summed E-state index contributed by atoms with van der Waals surface area (Å²) < 4.78 is 5.43. The maximum absolute atomic E-state index is 9.93. The summed E-state index contributed by atoms with van der Waals surface area (Å²) in [5.41, 5.74) is 0. The lowest BCUT2D eigenvalue weighted by atomic mass is 10.00. The first-order valence-electron chi connectivity index (χ1n) is 6.81. The quantitative estimate of drug-likeness (QED) is 0.884. The van der Waals surface area contributed by atoms with E-state index in [1.54, 1.807) is 0 Å². The van der Waals surface area contributed by atoms with Gasteiger partial charge in [0.2, 0.25) is 5.88 Å². The van der Waals surface area contributed by atoms with Crippen LogP contribution in [0.2, 0.25) is 0 Å². The number of nitrogens with zero attached hydrogens (tertiary/aromatic N) is 2. The highest BCUT2D eigenvalue weighted by atomic mass is 16.5. The van der Waals surface area contributed by atoms with Gasteiger partial charge in [0.15, 0.2) is 0 Å². The zero-order valence-corrected chi connectivity index (χ0v) is 10.7. The maximum Gasteiger partial charge on any atom is 0.215 e. The number of hydrogen-bond donors (Lipinski definition) is 1. The average Bonchev–Trinajstić information content (AvgIpc) is 2.93. The van der Waals surface area contributed by atoms with Gasteiger partial charge in [-0.25, -0.2) is 0 Å². The number of aliphatic hydroxyl groups excluding tert-OH is 1. The molecule has 18 heavy (non-hydrogen) atoms. The van der Waals surface area contributed by atoms with Gasteiger partial charge in [-0.05, 0) is 31.7 Å². The Morgan fingerprint density at radius 3 is 3.06 bits per heavy atom. The first-order chi connectivity index (χ1) is 8.78. The Hall–Kier alpha value is -1.29. The summed E-state index contributed by atoms with van der Waals surface area (Å²) in [5.74, 6) is 2.73. The number of ether oxygens (including phenoxy) is 1. The molecule has 2 fully saturated rings. The molecule has 4 heteroatoms. The summed E-state index contributed by atoms with van der Waals surface area (Å²) in [6.45, 7) is 4.55. The van der Waals surface area contributed by atoms with E-state index in [2.05, 4.69) is 9.88 Å². The minimum atomic E-state index is -0.116. The van der Waals surface area contributed by atoms with Crippen molar-refractivity contribution in [3.05, 3.63) is 18.2 Å². The van der Waals surface area contributed by atoms with Crippen LogP contribution in [0.1, 0.15) is 19.8 Å². The Bertz CT molecular complexity index is 424. The van der Waals surface area contributed by atoms with Crippen LogP contribution in [0.3, 0.4) is 0 Å². The van der Waals surface area contributed by atoms with Gasteiger partial charge in [-0.3, -0.25) is 0 Å². The number of anilines is 1. The second-order valence-corrected chi connectivity index (χ2v) is 5.24. The molecule has 0 aromatic carbocycles. The predicted octanol–water partition coefficient (Wildman–Crippen LogP) is 1.69. The largest absolute Gasteiger partial charge is 0.478 e. The number of aliphatic hydroxyl groups is 1. The highest BCUT2D eigenvalue weighted by molar-refractivity contribution is 5.42. The molecule has 1 saturated heterocycles. The van der Waals surface area contributed by atoms with Crippen LogP contribution in [0, 0.1) is 11.8 Å². The minimum Gasteiger partial charge on any atom is -0.478 e. The molecule has 1 N–H and O–H groups in total. The maximum atomic E-state index is 9.93. The molecule has 0 spiro atoms. The van der Waals surface area contributed by atoms with Crippen LogP contribution in [0.5, 0.6) is 5.88 Å². The Morgan fingerprint density at radius 1 is 1.39 bits per heavy atom. The van der Waals surface area contributed by atoms with Gasteiger partial charge in [0, 0.05) is 25.1 Å². The molecule has 3 unspecified atom stereocenters. The average molecular weight is 248 g/mol. The summed E-state index contributed by atoms with van der Waals surface area (Å²) in [6, 6.07) is 5.90. The van der Waals surface area contributed by atoms with Crippen LogP contribution < -0.4 is 9.64 Å². The van der Waals surface area contributed by atoms with Crippen LogP contribution >= 0.6 is 0 Å². The van der Waals surface area contributed by atoms with Crippen molar-refractivity contribution in [3.8, 4) is 5.88 Å². The zero-order valence-electron chi connectivity index (χ0n) is 10.7. The third-order valence-electron chi connectivity index (χ3n) is 4.14. The monoisotopic (exact) mass is 248 g/mol. The van der Waals surface area contributed by atoms with Gasteiger partial charge in [-0.2, -0.15) is 4.98 Å². The minimum absolute atomic E-state index is 0.116. The summed E-state index contributed by atoms with van der Waals surface area (Å²) in [7, 11) is 0. The summed E-state index contributed by atoms with van der Waals surface area (Å²) in [4.78, 5) is 6.80. The van der Waals surface area contributed by atoms with Crippen molar-refractivity contribution in [3.63, 3.8) is 0 Å². The van der Waals surface area contributed by atoms with Crippen LogP contribution in [-0.4, -0.2) is 35.9 Å². The lowest BCUT2D eigenvalue weighted by Gasteiger charge is -2.19. The molecule has 98 valence electrons. The van der Waals surface area contributed by atoms with Gasteiger partial charge in [-0.1, -0.05) is 6.07 Å². The summed E-state index contributed by atoms with van der Waals surface area (Å²) in [6.07, 6.45) is 2.00. The lowest BCUT2D eigenvalue weighted by Crippen LogP contribution is -2.25.